The van der Waals surface area contributed by atoms with E-state index in [-0.39, 0.29) is 17.1 Å². The van der Waals surface area contributed by atoms with Gasteiger partial charge in [0, 0.05) is 11.5 Å². The monoisotopic (exact) mass is 278 g/mol. The van der Waals surface area contributed by atoms with Crippen LogP contribution in [0.3, 0.4) is 0 Å². The highest BCUT2D eigenvalue weighted by Crippen LogP contribution is 2.47. The van der Waals surface area contributed by atoms with Crippen molar-refractivity contribution in [2.45, 2.75) is 71.7 Å². The SMILES string of the molecule is CCc1nnc(C)cc1C(O)C1CC(C)(C)OC1(C)C. The van der Waals surface area contributed by atoms with Crippen molar-refractivity contribution in [1.82, 2.24) is 10.2 Å². The lowest BCUT2D eigenvalue weighted by Crippen LogP contribution is -2.33. The van der Waals surface area contributed by atoms with Crippen LogP contribution in [-0.4, -0.2) is 26.5 Å². The predicted octanol–water partition coefficient (Wildman–Crippen LogP) is 2.97. The summed E-state index contributed by atoms with van der Waals surface area (Å²) in [7, 11) is 0. The van der Waals surface area contributed by atoms with Crippen LogP contribution in [-0.2, 0) is 11.2 Å². The molecular formula is C16H26N2O2. The maximum absolute atomic E-state index is 10.9. The summed E-state index contributed by atoms with van der Waals surface area (Å²) in [5.74, 6) is 0.0615. The second kappa shape index (κ2) is 5.08. The molecule has 112 valence electrons. The van der Waals surface area contributed by atoms with Gasteiger partial charge in [-0.1, -0.05) is 6.92 Å². The zero-order valence-corrected chi connectivity index (χ0v) is 13.4. The first-order chi connectivity index (χ1) is 9.16. The van der Waals surface area contributed by atoms with E-state index in [4.69, 9.17) is 4.74 Å². The molecular weight excluding hydrogens is 252 g/mol. The molecule has 1 N–H and O–H groups in total. The zero-order chi connectivity index (χ0) is 15.1. The number of hydrogen-bond donors (Lipinski definition) is 1. The molecule has 1 aliphatic heterocycles. The van der Waals surface area contributed by atoms with Crippen LogP contribution in [0.1, 0.15) is 64.1 Å². The van der Waals surface area contributed by atoms with Crippen LogP contribution < -0.4 is 0 Å². The third kappa shape index (κ3) is 2.86. The van der Waals surface area contributed by atoms with E-state index in [1.165, 1.54) is 0 Å². The fraction of sp³-hybridized carbons (Fsp3) is 0.750. The van der Waals surface area contributed by atoms with Gasteiger partial charge >= 0.3 is 0 Å². The summed E-state index contributed by atoms with van der Waals surface area (Å²) in [6.07, 6.45) is 1.05. The van der Waals surface area contributed by atoms with Crippen molar-refractivity contribution in [3.63, 3.8) is 0 Å². The standard InChI is InChI=1S/C16H26N2O2/c1-7-13-11(8-10(2)17-18-13)14(19)12-9-15(3,4)20-16(12,5)6/h8,12,14,19H,7,9H2,1-6H3. The molecule has 0 radical (unpaired) electrons. The van der Waals surface area contributed by atoms with Gasteiger partial charge in [-0.25, -0.2) is 0 Å². The molecule has 1 saturated heterocycles. The molecule has 2 heterocycles. The van der Waals surface area contributed by atoms with E-state index in [2.05, 4.69) is 37.9 Å². The Morgan fingerprint density at radius 1 is 1.35 bits per heavy atom. The van der Waals surface area contributed by atoms with Crippen LogP contribution in [0.25, 0.3) is 0 Å². The fourth-order valence-electron chi connectivity index (χ4n) is 3.38. The van der Waals surface area contributed by atoms with E-state index in [0.717, 1.165) is 29.8 Å². The summed E-state index contributed by atoms with van der Waals surface area (Å²) >= 11 is 0. The van der Waals surface area contributed by atoms with Crippen LogP contribution in [0.2, 0.25) is 0 Å². The molecule has 2 rings (SSSR count). The van der Waals surface area contributed by atoms with Gasteiger partial charge in [0.1, 0.15) is 0 Å². The second-order valence-corrected chi connectivity index (χ2v) is 6.96. The largest absolute Gasteiger partial charge is 0.388 e. The topological polar surface area (TPSA) is 55.2 Å². The van der Waals surface area contributed by atoms with E-state index in [9.17, 15) is 5.11 Å². The highest BCUT2D eigenvalue weighted by molar-refractivity contribution is 5.25. The van der Waals surface area contributed by atoms with Crippen molar-refractivity contribution < 1.29 is 9.84 Å². The Bertz CT molecular complexity index is 497. The van der Waals surface area contributed by atoms with Crippen molar-refractivity contribution in [3.05, 3.63) is 23.0 Å². The first-order valence-electron chi connectivity index (χ1n) is 7.37. The van der Waals surface area contributed by atoms with Crippen molar-refractivity contribution >= 4 is 0 Å². The van der Waals surface area contributed by atoms with E-state index in [1.54, 1.807) is 0 Å². The smallest absolute Gasteiger partial charge is 0.0865 e. The quantitative estimate of drug-likeness (QED) is 0.923. The van der Waals surface area contributed by atoms with Crippen LogP contribution in [0.4, 0.5) is 0 Å². The molecule has 0 spiro atoms. The van der Waals surface area contributed by atoms with E-state index in [0.29, 0.717) is 0 Å². The van der Waals surface area contributed by atoms with Crippen molar-refractivity contribution in [1.29, 1.82) is 0 Å². The van der Waals surface area contributed by atoms with Crippen molar-refractivity contribution in [3.8, 4) is 0 Å². The van der Waals surface area contributed by atoms with Gasteiger partial charge in [-0.2, -0.15) is 10.2 Å². The van der Waals surface area contributed by atoms with Crippen molar-refractivity contribution in [2.75, 3.05) is 0 Å². The molecule has 2 atom stereocenters. The highest BCUT2D eigenvalue weighted by atomic mass is 16.5. The Labute approximate surface area is 121 Å². The molecule has 0 bridgehead atoms. The normalized spacial score (nSPS) is 25.6. The molecule has 0 aliphatic carbocycles. The second-order valence-electron chi connectivity index (χ2n) is 6.96. The van der Waals surface area contributed by atoms with Gasteiger partial charge in [0.25, 0.3) is 0 Å². The number of ether oxygens (including phenoxy) is 1. The average molecular weight is 278 g/mol. The minimum Gasteiger partial charge on any atom is -0.388 e. The molecule has 0 saturated carbocycles. The summed E-state index contributed by atoms with van der Waals surface area (Å²) < 4.78 is 6.10. The lowest BCUT2D eigenvalue weighted by molar-refractivity contribution is -0.0881. The summed E-state index contributed by atoms with van der Waals surface area (Å²) in [4.78, 5) is 0. The summed E-state index contributed by atoms with van der Waals surface area (Å²) in [6, 6.07) is 1.96. The van der Waals surface area contributed by atoms with E-state index in [1.807, 2.05) is 19.9 Å². The van der Waals surface area contributed by atoms with Crippen LogP contribution in [0.15, 0.2) is 6.07 Å². The number of nitrogens with zero attached hydrogens (tertiary/aromatic N) is 2. The lowest BCUT2D eigenvalue weighted by Gasteiger charge is -2.31. The minimum absolute atomic E-state index is 0.0615. The minimum atomic E-state index is -0.559. The molecule has 20 heavy (non-hydrogen) atoms. The molecule has 1 aromatic heterocycles. The van der Waals surface area contributed by atoms with Crippen molar-refractivity contribution in [2.24, 2.45) is 5.92 Å². The van der Waals surface area contributed by atoms with Gasteiger partial charge in [0.05, 0.1) is 28.7 Å². The van der Waals surface area contributed by atoms with Crippen LogP contribution in [0.5, 0.6) is 0 Å². The number of aromatic nitrogens is 2. The highest BCUT2D eigenvalue weighted by Gasteiger charge is 2.49. The molecule has 2 unspecified atom stereocenters. The van der Waals surface area contributed by atoms with Gasteiger partial charge in [0.15, 0.2) is 0 Å². The average Bonchev–Trinajstić information content (AvgIpc) is 2.56. The summed E-state index contributed by atoms with van der Waals surface area (Å²) in [5, 5.41) is 19.2. The maximum atomic E-state index is 10.9. The zero-order valence-electron chi connectivity index (χ0n) is 13.4. The Hall–Kier alpha value is -1.00. The third-order valence-electron chi connectivity index (χ3n) is 4.20. The molecule has 0 amide bonds. The van der Waals surface area contributed by atoms with Gasteiger partial charge in [-0.15, -0.1) is 0 Å². The summed E-state index contributed by atoms with van der Waals surface area (Å²) in [5.41, 5.74) is 2.08. The number of aliphatic hydroxyl groups is 1. The Balaban J connectivity index is 2.36. The number of hydrogen-bond acceptors (Lipinski definition) is 4. The number of aryl methyl sites for hydroxylation is 2. The first-order valence-corrected chi connectivity index (χ1v) is 7.37. The Morgan fingerprint density at radius 3 is 2.50 bits per heavy atom. The predicted molar refractivity (Wildman–Crippen MR) is 78.5 cm³/mol. The Kier molecular flexibility index (Phi) is 3.91. The molecule has 1 fully saturated rings. The van der Waals surface area contributed by atoms with Gasteiger partial charge in [-0.05, 0) is 53.5 Å². The Morgan fingerprint density at radius 2 is 2.00 bits per heavy atom. The van der Waals surface area contributed by atoms with Crippen LogP contribution in [0, 0.1) is 12.8 Å². The lowest BCUT2D eigenvalue weighted by atomic mass is 9.80. The molecule has 1 aromatic rings. The van der Waals surface area contributed by atoms with Gasteiger partial charge < -0.3 is 9.84 Å². The number of aliphatic hydroxyl groups excluding tert-OH is 1. The van der Waals surface area contributed by atoms with E-state index < -0.39 is 6.10 Å². The molecule has 4 nitrogen and oxygen atoms in total. The van der Waals surface area contributed by atoms with E-state index >= 15 is 0 Å². The summed E-state index contributed by atoms with van der Waals surface area (Å²) in [6.45, 7) is 12.2. The number of rotatable bonds is 3. The molecule has 0 aromatic carbocycles. The van der Waals surface area contributed by atoms with Crippen LogP contribution >= 0.6 is 0 Å². The molecule has 4 heteroatoms. The van der Waals surface area contributed by atoms with Gasteiger partial charge in [-0.3, -0.25) is 0 Å². The van der Waals surface area contributed by atoms with Gasteiger partial charge in [0.2, 0.25) is 0 Å². The first kappa shape index (κ1) is 15.4. The maximum Gasteiger partial charge on any atom is 0.0865 e. The molecule has 1 aliphatic rings. The third-order valence-corrected chi connectivity index (χ3v) is 4.20. The fourth-order valence-corrected chi connectivity index (χ4v) is 3.38.